The van der Waals surface area contributed by atoms with Gasteiger partial charge < -0.3 is 9.64 Å². The van der Waals surface area contributed by atoms with Gasteiger partial charge in [-0.15, -0.1) is 4.40 Å². The normalized spacial score (nSPS) is 18.8. The van der Waals surface area contributed by atoms with Crippen LogP contribution < -0.4 is 0 Å². The zero-order valence-electron chi connectivity index (χ0n) is 11.7. The van der Waals surface area contributed by atoms with Crippen LogP contribution in [0.1, 0.15) is 25.3 Å². The monoisotopic (exact) mass is 308 g/mol. The van der Waals surface area contributed by atoms with E-state index in [1.807, 2.05) is 0 Å². The SMILES string of the molecule is CCOC(=O)CN(C1=NS(=O)(=O)c2ccccc21)C1CC1. The quantitative estimate of drug-likeness (QED) is 0.780. The molecule has 0 atom stereocenters. The van der Waals surface area contributed by atoms with E-state index >= 15 is 0 Å². The minimum absolute atomic E-state index is 0.0290. The third-order valence-corrected chi connectivity index (χ3v) is 4.80. The maximum absolute atomic E-state index is 12.1. The average Bonchev–Trinajstić information content (AvgIpc) is 3.24. The summed E-state index contributed by atoms with van der Waals surface area (Å²) in [6.07, 6.45) is 1.86. The van der Waals surface area contributed by atoms with Crippen LogP contribution in [-0.2, 0) is 19.6 Å². The average molecular weight is 308 g/mol. The minimum atomic E-state index is -3.66. The summed E-state index contributed by atoms with van der Waals surface area (Å²) in [5.74, 6) is -0.00460. The fraction of sp³-hybridized carbons (Fsp3) is 0.429. The Morgan fingerprint density at radius 1 is 1.38 bits per heavy atom. The van der Waals surface area contributed by atoms with Gasteiger partial charge in [0.25, 0.3) is 10.0 Å². The lowest BCUT2D eigenvalue weighted by atomic mass is 10.2. The smallest absolute Gasteiger partial charge is 0.325 e. The summed E-state index contributed by atoms with van der Waals surface area (Å²) in [6, 6.07) is 6.86. The van der Waals surface area contributed by atoms with Crippen molar-refractivity contribution in [2.45, 2.75) is 30.7 Å². The number of hydrogen-bond acceptors (Lipinski definition) is 5. The van der Waals surface area contributed by atoms with Gasteiger partial charge >= 0.3 is 5.97 Å². The van der Waals surface area contributed by atoms with Gasteiger partial charge in [0.2, 0.25) is 0 Å². The molecule has 1 aliphatic carbocycles. The van der Waals surface area contributed by atoms with Gasteiger partial charge in [-0.2, -0.15) is 8.42 Å². The summed E-state index contributed by atoms with van der Waals surface area (Å²) in [6.45, 7) is 2.08. The third kappa shape index (κ3) is 2.65. The van der Waals surface area contributed by atoms with Crippen LogP contribution >= 0.6 is 0 Å². The lowest BCUT2D eigenvalue weighted by Crippen LogP contribution is -2.38. The van der Waals surface area contributed by atoms with E-state index in [4.69, 9.17) is 4.74 Å². The van der Waals surface area contributed by atoms with Gasteiger partial charge in [0.1, 0.15) is 11.4 Å². The Morgan fingerprint density at radius 3 is 2.76 bits per heavy atom. The van der Waals surface area contributed by atoms with Gasteiger partial charge in [0.15, 0.2) is 5.84 Å². The molecular formula is C14H16N2O4S. The van der Waals surface area contributed by atoms with Crippen LogP contribution in [0.25, 0.3) is 0 Å². The molecule has 1 saturated carbocycles. The van der Waals surface area contributed by atoms with Crippen molar-refractivity contribution >= 4 is 21.8 Å². The molecule has 7 heteroatoms. The number of rotatable bonds is 4. The van der Waals surface area contributed by atoms with E-state index in [2.05, 4.69) is 4.40 Å². The second-order valence-corrected chi connectivity index (χ2v) is 6.62. The zero-order valence-corrected chi connectivity index (χ0v) is 12.5. The maximum Gasteiger partial charge on any atom is 0.325 e. The molecule has 112 valence electrons. The highest BCUT2D eigenvalue weighted by Crippen LogP contribution is 2.33. The first kappa shape index (κ1) is 14.1. The summed E-state index contributed by atoms with van der Waals surface area (Å²) >= 11 is 0. The second kappa shape index (κ2) is 5.14. The van der Waals surface area contributed by atoms with Crippen molar-refractivity contribution in [2.75, 3.05) is 13.2 Å². The second-order valence-electron chi connectivity index (χ2n) is 5.05. The Kier molecular flexibility index (Phi) is 3.44. The molecule has 1 fully saturated rings. The van der Waals surface area contributed by atoms with Crippen molar-refractivity contribution in [3.05, 3.63) is 29.8 Å². The molecule has 0 saturated heterocycles. The highest BCUT2D eigenvalue weighted by Gasteiger charge is 2.39. The number of ether oxygens (including phenoxy) is 1. The van der Waals surface area contributed by atoms with E-state index < -0.39 is 10.0 Å². The van der Waals surface area contributed by atoms with E-state index in [1.54, 1.807) is 30.0 Å². The Bertz CT molecular complexity index is 707. The summed E-state index contributed by atoms with van der Waals surface area (Å²) in [7, 11) is -3.66. The lowest BCUT2D eigenvalue weighted by molar-refractivity contribution is -0.143. The van der Waals surface area contributed by atoms with Crippen LogP contribution in [0.4, 0.5) is 0 Å². The summed E-state index contributed by atoms with van der Waals surface area (Å²) in [5, 5.41) is 0. The number of esters is 1. The minimum Gasteiger partial charge on any atom is -0.465 e. The van der Waals surface area contributed by atoms with Gasteiger partial charge in [-0.3, -0.25) is 4.79 Å². The Hall–Kier alpha value is -1.89. The number of carbonyl (C=O) groups is 1. The first-order valence-corrected chi connectivity index (χ1v) is 8.33. The van der Waals surface area contributed by atoms with Crippen LogP contribution in [0.3, 0.4) is 0 Å². The highest BCUT2D eigenvalue weighted by atomic mass is 32.2. The van der Waals surface area contributed by atoms with E-state index in [9.17, 15) is 13.2 Å². The van der Waals surface area contributed by atoms with Crippen molar-refractivity contribution in [3.63, 3.8) is 0 Å². The van der Waals surface area contributed by atoms with E-state index in [0.717, 1.165) is 12.8 Å². The topological polar surface area (TPSA) is 76.0 Å². The fourth-order valence-corrected chi connectivity index (χ4v) is 3.62. The van der Waals surface area contributed by atoms with Crippen molar-refractivity contribution in [2.24, 2.45) is 4.40 Å². The number of nitrogens with zero attached hydrogens (tertiary/aromatic N) is 2. The van der Waals surface area contributed by atoms with Crippen LogP contribution in [0.5, 0.6) is 0 Å². The Balaban J connectivity index is 1.96. The molecule has 6 nitrogen and oxygen atoms in total. The Morgan fingerprint density at radius 2 is 2.10 bits per heavy atom. The predicted octanol–water partition coefficient (Wildman–Crippen LogP) is 1.16. The molecule has 21 heavy (non-hydrogen) atoms. The van der Waals surface area contributed by atoms with Gasteiger partial charge in [0, 0.05) is 11.6 Å². The standard InChI is InChI=1S/C14H16N2O4S/c1-2-20-13(17)9-16(10-7-8-10)14-11-5-3-4-6-12(11)21(18,19)15-14/h3-6,10H,2,7-9H2,1H3. The number of fused-ring (bicyclic) bond motifs is 1. The van der Waals surface area contributed by atoms with Crippen molar-refractivity contribution < 1.29 is 17.9 Å². The molecule has 1 aromatic carbocycles. The molecule has 0 unspecified atom stereocenters. The molecule has 1 aromatic rings. The summed E-state index contributed by atoms with van der Waals surface area (Å²) in [4.78, 5) is 13.7. The van der Waals surface area contributed by atoms with Crippen molar-refractivity contribution in [1.82, 2.24) is 4.90 Å². The van der Waals surface area contributed by atoms with Gasteiger partial charge in [-0.05, 0) is 31.9 Å². The third-order valence-electron chi connectivity index (χ3n) is 3.48. The highest BCUT2D eigenvalue weighted by molar-refractivity contribution is 7.90. The first-order valence-electron chi connectivity index (χ1n) is 6.89. The zero-order chi connectivity index (χ0) is 15.0. The number of amidine groups is 1. The van der Waals surface area contributed by atoms with E-state index in [1.165, 1.54) is 6.07 Å². The van der Waals surface area contributed by atoms with Crippen molar-refractivity contribution in [1.29, 1.82) is 0 Å². The van der Waals surface area contributed by atoms with Gasteiger partial charge in [-0.1, -0.05) is 12.1 Å². The van der Waals surface area contributed by atoms with E-state index in [-0.39, 0.29) is 23.5 Å². The van der Waals surface area contributed by atoms with E-state index in [0.29, 0.717) is 18.0 Å². The number of hydrogen-bond donors (Lipinski definition) is 0. The largest absolute Gasteiger partial charge is 0.465 e. The molecule has 3 rings (SSSR count). The van der Waals surface area contributed by atoms with Crippen LogP contribution in [-0.4, -0.2) is 44.3 Å². The van der Waals surface area contributed by atoms with Crippen LogP contribution in [0.2, 0.25) is 0 Å². The summed E-state index contributed by atoms with van der Waals surface area (Å²) in [5.41, 5.74) is 0.564. The lowest BCUT2D eigenvalue weighted by Gasteiger charge is -2.23. The number of benzene rings is 1. The molecule has 0 spiro atoms. The van der Waals surface area contributed by atoms with Gasteiger partial charge in [-0.25, -0.2) is 0 Å². The summed E-state index contributed by atoms with van der Waals surface area (Å²) < 4.78 is 33.0. The molecule has 0 amide bonds. The Labute approximate surface area is 123 Å². The molecule has 1 heterocycles. The first-order chi connectivity index (χ1) is 10.0. The molecule has 2 aliphatic rings. The van der Waals surface area contributed by atoms with Crippen LogP contribution in [0, 0.1) is 0 Å². The maximum atomic E-state index is 12.1. The number of carbonyl (C=O) groups excluding carboxylic acids is 1. The van der Waals surface area contributed by atoms with Crippen molar-refractivity contribution in [3.8, 4) is 0 Å². The fourth-order valence-electron chi connectivity index (χ4n) is 2.40. The van der Waals surface area contributed by atoms with Gasteiger partial charge in [0.05, 0.1) is 6.61 Å². The van der Waals surface area contributed by atoms with Crippen LogP contribution in [0.15, 0.2) is 33.6 Å². The predicted molar refractivity (Wildman–Crippen MR) is 76.5 cm³/mol. The molecule has 0 N–H and O–H groups in total. The molecule has 0 aromatic heterocycles. The number of sulfonamides is 1. The molecule has 0 bridgehead atoms. The molecule has 0 radical (unpaired) electrons. The molecule has 1 aliphatic heterocycles. The molecular weight excluding hydrogens is 292 g/mol.